The molecule has 0 unspecified atom stereocenters. The van der Waals surface area contributed by atoms with Crippen LogP contribution in [-0.4, -0.2) is 38.8 Å². The van der Waals surface area contributed by atoms with Crippen molar-refractivity contribution in [3.63, 3.8) is 0 Å². The van der Waals surface area contributed by atoms with Crippen LogP contribution in [0, 0.1) is 13.8 Å². The Kier molecular flexibility index (Phi) is 6.55. The average Bonchev–Trinajstić information content (AvgIpc) is 2.78. The van der Waals surface area contributed by atoms with Crippen LogP contribution in [-0.2, 0) is 11.2 Å². The normalized spacial score (nSPS) is 16.2. The van der Waals surface area contributed by atoms with Gasteiger partial charge in [-0.25, -0.2) is 15.0 Å². The zero-order valence-corrected chi connectivity index (χ0v) is 18.2. The number of nitrogens with one attached hydrogen (secondary N) is 1. The third kappa shape index (κ3) is 5.66. The second-order valence-corrected chi connectivity index (χ2v) is 8.23. The summed E-state index contributed by atoms with van der Waals surface area (Å²) in [6.07, 6.45) is 5.14. The van der Waals surface area contributed by atoms with Gasteiger partial charge in [-0.1, -0.05) is 30.3 Å². The molecule has 0 radical (unpaired) electrons. The number of benzene rings is 1. The highest BCUT2D eigenvalue weighted by atomic mass is 16.2. The number of aromatic nitrogens is 3. The fraction of sp³-hybridized carbons (Fsp3) is 0.360. The lowest BCUT2D eigenvalue weighted by Gasteiger charge is -2.33. The van der Waals surface area contributed by atoms with Crippen molar-refractivity contribution >= 4 is 17.5 Å². The van der Waals surface area contributed by atoms with Crippen LogP contribution >= 0.6 is 0 Å². The third-order valence-electron chi connectivity index (χ3n) is 5.69. The van der Waals surface area contributed by atoms with Gasteiger partial charge in [0.25, 0.3) is 0 Å². The smallest absolute Gasteiger partial charge is 0.222 e. The molecule has 1 aromatic carbocycles. The first kappa shape index (κ1) is 21.0. The highest BCUT2D eigenvalue weighted by Crippen LogP contribution is 2.28. The summed E-state index contributed by atoms with van der Waals surface area (Å²) in [5.41, 5.74) is 3.33. The van der Waals surface area contributed by atoms with E-state index in [0.29, 0.717) is 13.0 Å². The Labute approximate surface area is 183 Å². The average molecular weight is 416 g/mol. The first-order valence-corrected chi connectivity index (χ1v) is 10.9. The topological polar surface area (TPSA) is 71.0 Å². The number of pyridine rings is 1. The number of carbonyl (C=O) groups excluding carboxylic acids is 1. The summed E-state index contributed by atoms with van der Waals surface area (Å²) in [7, 11) is 0. The predicted octanol–water partition coefficient (Wildman–Crippen LogP) is 4.57. The lowest BCUT2D eigenvalue weighted by molar-refractivity contribution is -0.132. The molecule has 1 N–H and O–H groups in total. The Morgan fingerprint density at radius 2 is 1.94 bits per heavy atom. The first-order chi connectivity index (χ1) is 15.1. The zero-order chi connectivity index (χ0) is 21.6. The van der Waals surface area contributed by atoms with Crippen molar-refractivity contribution in [3.8, 4) is 0 Å². The van der Waals surface area contributed by atoms with Crippen molar-refractivity contribution in [3.05, 3.63) is 77.4 Å². The molecule has 4 rings (SSSR count). The second-order valence-electron chi connectivity index (χ2n) is 8.23. The summed E-state index contributed by atoms with van der Waals surface area (Å²) in [4.78, 5) is 28.4. The number of nitrogens with zero attached hydrogens (tertiary/aromatic N) is 4. The van der Waals surface area contributed by atoms with Crippen molar-refractivity contribution in [1.82, 2.24) is 19.9 Å². The van der Waals surface area contributed by atoms with Gasteiger partial charge in [0.05, 0.1) is 5.69 Å². The fourth-order valence-corrected chi connectivity index (χ4v) is 4.10. The van der Waals surface area contributed by atoms with Crippen LogP contribution in [0.2, 0.25) is 0 Å². The molecule has 0 bridgehead atoms. The van der Waals surface area contributed by atoms with Gasteiger partial charge in [0, 0.05) is 37.7 Å². The molecule has 1 aliphatic rings. The monoisotopic (exact) mass is 415 g/mol. The van der Waals surface area contributed by atoms with Gasteiger partial charge in [0.15, 0.2) is 0 Å². The summed E-state index contributed by atoms with van der Waals surface area (Å²) in [5.74, 6) is 2.68. The number of likely N-dealkylation sites (tertiary alicyclic amines) is 1. The number of piperidine rings is 1. The molecule has 1 fully saturated rings. The minimum Gasteiger partial charge on any atom is -0.342 e. The Balaban J connectivity index is 1.42. The van der Waals surface area contributed by atoms with E-state index in [1.165, 1.54) is 5.56 Å². The minimum atomic E-state index is 0.224. The number of hydrogen-bond donors (Lipinski definition) is 1. The number of hydrogen-bond acceptors (Lipinski definition) is 5. The van der Waals surface area contributed by atoms with E-state index in [0.717, 1.165) is 54.5 Å². The Hall–Kier alpha value is -3.28. The molecule has 0 aliphatic carbocycles. The van der Waals surface area contributed by atoms with Gasteiger partial charge in [-0.15, -0.1) is 0 Å². The molecule has 6 heteroatoms. The van der Waals surface area contributed by atoms with Crippen LogP contribution < -0.4 is 5.32 Å². The highest BCUT2D eigenvalue weighted by Gasteiger charge is 2.26. The third-order valence-corrected chi connectivity index (χ3v) is 5.69. The number of rotatable bonds is 6. The molecule has 31 heavy (non-hydrogen) atoms. The van der Waals surface area contributed by atoms with Gasteiger partial charge in [0.1, 0.15) is 17.5 Å². The van der Waals surface area contributed by atoms with Crippen LogP contribution in [0.3, 0.4) is 0 Å². The van der Waals surface area contributed by atoms with Crippen molar-refractivity contribution < 1.29 is 4.79 Å². The molecule has 1 aliphatic heterocycles. The largest absolute Gasteiger partial charge is 0.342 e. The van der Waals surface area contributed by atoms with Gasteiger partial charge in [-0.2, -0.15) is 0 Å². The Morgan fingerprint density at radius 1 is 1.10 bits per heavy atom. The molecule has 3 heterocycles. The Bertz CT molecular complexity index is 1040. The van der Waals surface area contributed by atoms with Crippen LogP contribution in [0.1, 0.15) is 47.8 Å². The molecular weight excluding hydrogens is 386 g/mol. The van der Waals surface area contributed by atoms with Gasteiger partial charge in [-0.05, 0) is 56.4 Å². The summed E-state index contributed by atoms with van der Waals surface area (Å²) >= 11 is 0. The molecule has 0 saturated carbocycles. The highest BCUT2D eigenvalue weighted by molar-refractivity contribution is 5.76. The van der Waals surface area contributed by atoms with E-state index >= 15 is 0 Å². The predicted molar refractivity (Wildman–Crippen MR) is 122 cm³/mol. The standard InChI is InChI=1S/C25H29N5O/c1-18-12-13-26-23(15-18)29-24-16-22(27-19(2)28-24)21-9-6-14-30(17-21)25(31)11-10-20-7-4-3-5-8-20/h3-5,7-8,12-13,15-16,21H,6,9-11,14,17H2,1-2H3,(H,26,27,28,29)/t21-/m1/s1. The zero-order valence-electron chi connectivity index (χ0n) is 18.2. The maximum absolute atomic E-state index is 12.8. The molecule has 3 aromatic rings. The minimum absolute atomic E-state index is 0.224. The molecule has 1 saturated heterocycles. The maximum atomic E-state index is 12.8. The fourth-order valence-electron chi connectivity index (χ4n) is 4.10. The molecule has 160 valence electrons. The lowest BCUT2D eigenvalue weighted by atomic mass is 9.94. The van der Waals surface area contributed by atoms with E-state index in [1.807, 2.05) is 55.1 Å². The molecular formula is C25H29N5O. The van der Waals surface area contributed by atoms with Gasteiger partial charge < -0.3 is 10.2 Å². The first-order valence-electron chi connectivity index (χ1n) is 10.9. The van der Waals surface area contributed by atoms with Gasteiger partial charge in [0.2, 0.25) is 5.91 Å². The lowest BCUT2D eigenvalue weighted by Crippen LogP contribution is -2.39. The number of carbonyl (C=O) groups is 1. The van der Waals surface area contributed by atoms with Crippen molar-refractivity contribution in [2.45, 2.75) is 45.4 Å². The van der Waals surface area contributed by atoms with Crippen LogP contribution in [0.25, 0.3) is 0 Å². The quantitative estimate of drug-likeness (QED) is 0.638. The summed E-state index contributed by atoms with van der Waals surface area (Å²) in [5, 5.41) is 3.29. The van der Waals surface area contributed by atoms with E-state index in [4.69, 9.17) is 4.98 Å². The Morgan fingerprint density at radius 3 is 2.74 bits per heavy atom. The van der Waals surface area contributed by atoms with Gasteiger partial charge in [-0.3, -0.25) is 4.79 Å². The number of aryl methyl sites for hydroxylation is 3. The number of anilines is 2. The number of amides is 1. The SMILES string of the molecule is Cc1ccnc(Nc2cc([C@@H]3CCCN(C(=O)CCc4ccccc4)C3)nc(C)n2)c1. The van der Waals surface area contributed by atoms with Gasteiger partial charge >= 0.3 is 0 Å². The molecule has 6 nitrogen and oxygen atoms in total. The summed E-state index contributed by atoms with van der Waals surface area (Å²) in [6, 6.07) is 16.2. The molecule has 1 atom stereocenters. The summed E-state index contributed by atoms with van der Waals surface area (Å²) in [6.45, 7) is 5.48. The van der Waals surface area contributed by atoms with E-state index in [9.17, 15) is 4.79 Å². The van der Waals surface area contributed by atoms with E-state index in [1.54, 1.807) is 6.20 Å². The van der Waals surface area contributed by atoms with Crippen molar-refractivity contribution in [1.29, 1.82) is 0 Å². The van der Waals surface area contributed by atoms with Crippen LogP contribution in [0.5, 0.6) is 0 Å². The van der Waals surface area contributed by atoms with Crippen molar-refractivity contribution in [2.24, 2.45) is 0 Å². The van der Waals surface area contributed by atoms with Crippen molar-refractivity contribution in [2.75, 3.05) is 18.4 Å². The van der Waals surface area contributed by atoms with E-state index < -0.39 is 0 Å². The van der Waals surface area contributed by atoms with E-state index in [2.05, 4.69) is 27.4 Å². The van der Waals surface area contributed by atoms with Crippen LogP contribution in [0.4, 0.5) is 11.6 Å². The van der Waals surface area contributed by atoms with Crippen LogP contribution in [0.15, 0.2) is 54.7 Å². The molecule has 1 amide bonds. The second kappa shape index (κ2) is 9.69. The molecule has 2 aromatic heterocycles. The molecule has 0 spiro atoms. The summed E-state index contributed by atoms with van der Waals surface area (Å²) < 4.78 is 0. The van der Waals surface area contributed by atoms with E-state index in [-0.39, 0.29) is 11.8 Å². The maximum Gasteiger partial charge on any atom is 0.222 e.